The normalized spacial score (nSPS) is 14.9. The molecule has 2 aromatic carbocycles. The maximum atomic E-state index is 5.23. The van der Waals surface area contributed by atoms with Gasteiger partial charge in [0.25, 0.3) is 0 Å². The Kier molecular flexibility index (Phi) is 12.5. The fourth-order valence-corrected chi connectivity index (χ4v) is 4.96. The summed E-state index contributed by atoms with van der Waals surface area (Å²) in [5.41, 5.74) is 0. The highest BCUT2D eigenvalue weighted by molar-refractivity contribution is 7.00. The van der Waals surface area contributed by atoms with Gasteiger partial charge in [-0.2, -0.15) is 0 Å². The lowest BCUT2D eigenvalue weighted by Gasteiger charge is -2.23. The van der Waals surface area contributed by atoms with Gasteiger partial charge in [0, 0.05) is 6.61 Å². The number of rotatable bonds is 8. The first-order valence-electron chi connectivity index (χ1n) is 10.9. The molecule has 29 heavy (non-hydrogen) atoms. The van der Waals surface area contributed by atoms with E-state index in [1.807, 2.05) is 6.08 Å². The molecule has 1 aliphatic rings. The van der Waals surface area contributed by atoms with Crippen LogP contribution in [0, 0.1) is 5.92 Å². The summed E-state index contributed by atoms with van der Waals surface area (Å²) in [7, 11) is -1.46. The Morgan fingerprint density at radius 3 is 1.79 bits per heavy atom. The second-order valence-corrected chi connectivity index (χ2v) is 12.6. The fraction of sp³-hybridized carbons (Fsp3) is 0.462. The van der Waals surface area contributed by atoms with Gasteiger partial charge in [-0.05, 0) is 12.3 Å². The molecular weight excluding hydrogens is 372 g/mol. The Morgan fingerprint density at radius 1 is 1.00 bits per heavy atom. The third-order valence-electron chi connectivity index (χ3n) is 4.82. The van der Waals surface area contributed by atoms with Gasteiger partial charge in [-0.25, -0.2) is 0 Å². The molecule has 1 unspecified atom stereocenters. The smallest absolute Gasteiger partial charge is 0.181 e. The van der Waals surface area contributed by atoms with Crippen LogP contribution in [0.3, 0.4) is 0 Å². The van der Waals surface area contributed by atoms with Crippen LogP contribution in [-0.2, 0) is 9.47 Å². The van der Waals surface area contributed by atoms with Crippen LogP contribution in [0.2, 0.25) is 13.1 Å². The number of unbranched alkanes of at least 4 members (excludes halogenated alkanes) is 2. The maximum Gasteiger partial charge on any atom is 0.181 e. The number of allylic oxidation sites excluding steroid dienone is 1. The number of benzene rings is 2. The van der Waals surface area contributed by atoms with Crippen LogP contribution in [0.4, 0.5) is 0 Å². The molecule has 1 atom stereocenters. The lowest BCUT2D eigenvalue weighted by molar-refractivity contribution is 0.0480. The van der Waals surface area contributed by atoms with Crippen LogP contribution < -0.4 is 10.4 Å². The van der Waals surface area contributed by atoms with E-state index >= 15 is 0 Å². The van der Waals surface area contributed by atoms with Crippen molar-refractivity contribution in [2.45, 2.75) is 59.4 Å². The molecule has 2 aromatic rings. The minimum atomic E-state index is -1.46. The molecule has 1 heterocycles. The molecule has 0 aromatic heterocycles. The molecule has 0 spiro atoms. The molecule has 0 amide bonds. The van der Waals surface area contributed by atoms with Gasteiger partial charge >= 0.3 is 0 Å². The van der Waals surface area contributed by atoms with Crippen molar-refractivity contribution in [2.24, 2.45) is 5.92 Å². The van der Waals surface area contributed by atoms with E-state index in [4.69, 9.17) is 9.47 Å². The summed E-state index contributed by atoms with van der Waals surface area (Å²) in [6, 6.07) is 21.7. The van der Waals surface area contributed by atoms with Crippen LogP contribution in [0.5, 0.6) is 0 Å². The minimum Gasteiger partial charge on any atom is -0.350 e. The number of hydrogen-bond donors (Lipinski definition) is 0. The standard InChI is InChI=1S/C14H16Si.C7H14O2.C5H10/c1-15(2,13-9-5-3-6-10-13)14-11-7-4-8-12-14;1-2-3-4-5-8-7-6-9-7;1-4-5(2)3/h3-12H,1-2H3;7H,2-6H2,1H3;4-5H,1H2,2-3H3. The van der Waals surface area contributed by atoms with Gasteiger partial charge in [0.1, 0.15) is 14.7 Å². The number of hydrogen-bond acceptors (Lipinski definition) is 2. The monoisotopic (exact) mass is 412 g/mol. The van der Waals surface area contributed by atoms with Crippen molar-refractivity contribution in [1.29, 1.82) is 0 Å². The highest BCUT2D eigenvalue weighted by Gasteiger charge is 2.24. The van der Waals surface area contributed by atoms with Crippen molar-refractivity contribution in [3.8, 4) is 0 Å². The highest BCUT2D eigenvalue weighted by atomic mass is 28.3. The summed E-state index contributed by atoms with van der Waals surface area (Å²) in [5.74, 6) is 0.648. The van der Waals surface area contributed by atoms with Crippen LogP contribution in [-0.4, -0.2) is 27.6 Å². The largest absolute Gasteiger partial charge is 0.350 e. The zero-order valence-corrected chi connectivity index (χ0v) is 20.1. The molecule has 1 fully saturated rings. The second kappa shape index (κ2) is 14.3. The molecule has 0 radical (unpaired) electrons. The molecule has 0 aliphatic carbocycles. The summed E-state index contributed by atoms with van der Waals surface area (Å²) in [4.78, 5) is 0. The molecule has 2 nitrogen and oxygen atoms in total. The van der Waals surface area contributed by atoms with Crippen LogP contribution in [0.25, 0.3) is 0 Å². The lowest BCUT2D eigenvalue weighted by Crippen LogP contribution is -2.52. The topological polar surface area (TPSA) is 21.8 Å². The Bertz CT molecular complexity index is 607. The van der Waals surface area contributed by atoms with Crippen LogP contribution >= 0.6 is 0 Å². The molecule has 1 saturated heterocycles. The summed E-state index contributed by atoms with van der Waals surface area (Å²) in [6.07, 6.45) is 5.78. The molecule has 0 saturated carbocycles. The summed E-state index contributed by atoms with van der Waals surface area (Å²) in [5, 5.41) is 2.99. The predicted molar refractivity (Wildman–Crippen MR) is 130 cm³/mol. The second-order valence-electron chi connectivity index (χ2n) is 8.18. The third-order valence-corrected chi connectivity index (χ3v) is 8.37. The first-order chi connectivity index (χ1) is 13.9. The minimum absolute atomic E-state index is 0.154. The average Bonchev–Trinajstić information content (AvgIpc) is 3.58. The van der Waals surface area contributed by atoms with Gasteiger partial charge < -0.3 is 9.47 Å². The lowest BCUT2D eigenvalue weighted by atomic mass is 10.2. The fourth-order valence-electron chi connectivity index (χ4n) is 2.58. The highest BCUT2D eigenvalue weighted by Crippen LogP contribution is 2.10. The summed E-state index contributed by atoms with van der Waals surface area (Å²) >= 11 is 0. The van der Waals surface area contributed by atoms with Crippen LogP contribution in [0.1, 0.15) is 40.0 Å². The van der Waals surface area contributed by atoms with E-state index in [-0.39, 0.29) is 6.29 Å². The quantitative estimate of drug-likeness (QED) is 0.233. The van der Waals surface area contributed by atoms with Crippen molar-refractivity contribution in [1.82, 2.24) is 0 Å². The average molecular weight is 413 g/mol. The first-order valence-corrected chi connectivity index (χ1v) is 13.9. The van der Waals surface area contributed by atoms with Crippen molar-refractivity contribution >= 4 is 18.4 Å². The molecule has 3 heteroatoms. The first kappa shape index (κ1) is 25.4. The predicted octanol–water partition coefficient (Wildman–Crippen LogP) is 5.89. The van der Waals surface area contributed by atoms with Gasteiger partial charge in [-0.3, -0.25) is 0 Å². The van der Waals surface area contributed by atoms with Crippen molar-refractivity contribution < 1.29 is 9.47 Å². The van der Waals surface area contributed by atoms with E-state index in [0.717, 1.165) is 13.2 Å². The van der Waals surface area contributed by atoms with E-state index in [0.29, 0.717) is 5.92 Å². The molecule has 3 rings (SSSR count). The van der Waals surface area contributed by atoms with Gasteiger partial charge in [0.2, 0.25) is 0 Å². The molecule has 1 aliphatic heterocycles. The van der Waals surface area contributed by atoms with Gasteiger partial charge in [0.05, 0.1) is 0 Å². The van der Waals surface area contributed by atoms with Crippen molar-refractivity contribution in [3.63, 3.8) is 0 Å². The van der Waals surface area contributed by atoms with Crippen molar-refractivity contribution in [2.75, 3.05) is 13.2 Å². The zero-order valence-electron chi connectivity index (χ0n) is 19.1. The molecule has 0 bridgehead atoms. The van der Waals surface area contributed by atoms with Gasteiger partial charge in [-0.1, -0.05) is 124 Å². The van der Waals surface area contributed by atoms with Crippen molar-refractivity contribution in [3.05, 3.63) is 73.3 Å². The van der Waals surface area contributed by atoms with Gasteiger partial charge in [0.15, 0.2) is 6.29 Å². The maximum absolute atomic E-state index is 5.23. The number of epoxide rings is 1. The summed E-state index contributed by atoms with van der Waals surface area (Å²) in [6.45, 7) is 16.4. The Morgan fingerprint density at radius 2 is 1.45 bits per heavy atom. The molecule has 0 N–H and O–H groups in total. The number of ether oxygens (including phenoxy) is 2. The van der Waals surface area contributed by atoms with E-state index in [1.54, 1.807) is 0 Å². The van der Waals surface area contributed by atoms with Gasteiger partial charge in [-0.15, -0.1) is 6.58 Å². The Balaban J connectivity index is 0.000000255. The summed E-state index contributed by atoms with van der Waals surface area (Å²) < 4.78 is 10.1. The van der Waals surface area contributed by atoms with Crippen LogP contribution in [0.15, 0.2) is 73.3 Å². The SMILES string of the molecule is C=CC(C)C.CCCCCOC1CO1.C[Si](C)(c1ccccc1)c1ccccc1. The Labute approximate surface area is 180 Å². The third kappa shape index (κ3) is 11.2. The van der Waals surface area contributed by atoms with E-state index in [2.05, 4.69) is 101 Å². The molecule has 160 valence electrons. The van der Waals surface area contributed by atoms with E-state index < -0.39 is 8.07 Å². The Hall–Kier alpha value is -1.68. The zero-order chi connectivity index (χ0) is 21.5. The molecular formula is C26H40O2Si. The van der Waals surface area contributed by atoms with E-state index in [9.17, 15) is 0 Å². The van der Waals surface area contributed by atoms with E-state index in [1.165, 1.54) is 29.6 Å².